The minimum absolute atomic E-state index is 0. The Morgan fingerprint density at radius 2 is 0.843 bits per heavy atom. The number of carbonyl (C=O) groups is 6. The summed E-state index contributed by atoms with van der Waals surface area (Å²) in [5, 5.41) is 41.3. The summed E-state index contributed by atoms with van der Waals surface area (Å²) in [6, 6.07) is 37.2. The third-order valence-electron chi connectivity index (χ3n) is 9.63. The molecule has 10 N–H and O–H groups in total. The van der Waals surface area contributed by atoms with Crippen LogP contribution in [0.25, 0.3) is 0 Å². The summed E-state index contributed by atoms with van der Waals surface area (Å²) >= 11 is 0. The van der Waals surface area contributed by atoms with Crippen molar-refractivity contribution in [2.45, 2.75) is 136 Å². The topological polar surface area (TPSA) is 268 Å². The molecule has 4 atom stereocenters. The van der Waals surface area contributed by atoms with Gasteiger partial charge in [-0.05, 0) is 76.6 Å². The molecule has 0 fully saturated rings. The zero-order chi connectivity index (χ0) is 51.6. The molecule has 5 amide bonds. The van der Waals surface area contributed by atoms with Crippen LogP contribution in [0.1, 0.15) is 123 Å². The van der Waals surface area contributed by atoms with Gasteiger partial charge in [0.1, 0.15) is 17.7 Å². The largest absolute Gasteiger partial charge is 0.480 e. The molecule has 0 aromatic heterocycles. The first-order chi connectivity index (χ1) is 32.5. The summed E-state index contributed by atoms with van der Waals surface area (Å²) in [4.78, 5) is 70.9. The lowest BCUT2D eigenvalue weighted by molar-refractivity contribution is -0.140. The minimum atomic E-state index is -1.54. The molecule has 17 nitrogen and oxygen atoms in total. The first kappa shape index (κ1) is 61.2. The molecule has 0 spiro atoms. The number of hydrogen-bond acceptors (Lipinski definition) is 11. The van der Waals surface area contributed by atoms with Crippen LogP contribution in [0.3, 0.4) is 0 Å². The highest BCUT2D eigenvalue weighted by Crippen LogP contribution is 2.22. The monoisotopic (exact) mass is 973 g/mol. The number of hydrogen-bond donors (Lipinski definition) is 9. The molecule has 0 aliphatic rings. The summed E-state index contributed by atoms with van der Waals surface area (Å²) < 4.78 is 10.3. The highest BCUT2D eigenvalue weighted by Gasteiger charge is 2.31. The number of carboxylic acids is 1. The van der Waals surface area contributed by atoms with E-state index in [4.69, 9.17) is 20.3 Å². The fourth-order valence-corrected chi connectivity index (χ4v) is 6.44. The van der Waals surface area contributed by atoms with E-state index in [1.54, 1.807) is 41.5 Å². The zero-order valence-corrected chi connectivity index (χ0v) is 40.9. The maximum Gasteiger partial charge on any atom is 0.407 e. The van der Waals surface area contributed by atoms with Crippen LogP contribution in [-0.2, 0) is 28.7 Å². The Balaban J connectivity index is 0.000000577. The number of carboxylic acid groups (broad SMARTS) is 1. The first-order valence-corrected chi connectivity index (χ1v) is 22.9. The standard InChI is InChI=1S/C26H35N3O5.C13H24N2O6.C13H13N.CH4/c1-5-12-20(28-25(33)34-26(2,3)4)23(31)24(32)27-17-21(30)29-22(18-13-8-6-9-14-18)19-15-10-7-11-16-19;1-5-6-8(15-12(20)21-13(2,3)4)10(18)11(19)14-7-9(16)17;14-13(11-7-3-1-4-8-11)12-9-5-2-6-10-12;/h6-11,13-16,20,22-23,31H,5,12,17H2,1-4H3,(H,27,32)(H,28,33)(H,29,30);8,10,18H,5-7H2,1-4H3,(H,14,19)(H,15,20)(H,16,17);1-10,13H,14H2;1H4. The van der Waals surface area contributed by atoms with E-state index in [1.807, 2.05) is 111 Å². The van der Waals surface area contributed by atoms with Crippen molar-refractivity contribution in [1.29, 1.82) is 0 Å². The predicted molar refractivity (Wildman–Crippen MR) is 270 cm³/mol. The minimum Gasteiger partial charge on any atom is -0.480 e. The van der Waals surface area contributed by atoms with Crippen LogP contribution >= 0.6 is 0 Å². The number of amides is 5. The van der Waals surface area contributed by atoms with E-state index in [0.29, 0.717) is 25.7 Å². The number of nitrogens with two attached hydrogens (primary N) is 1. The molecule has 384 valence electrons. The van der Waals surface area contributed by atoms with Gasteiger partial charge in [-0.15, -0.1) is 0 Å². The number of alkyl carbamates (subject to hydrolysis) is 2. The SMILES string of the molecule is C.CCCC(NC(=O)OC(C)(C)C)C(O)C(=O)NCC(=O)NC(c1ccccc1)c1ccccc1.CCCC(NC(=O)OC(C)(C)C)C(O)C(=O)NCC(=O)O.NC(c1ccccc1)c1ccccc1. The molecule has 0 saturated heterocycles. The van der Waals surface area contributed by atoms with E-state index in [0.717, 1.165) is 22.3 Å². The third-order valence-corrected chi connectivity index (χ3v) is 9.63. The molecule has 0 saturated carbocycles. The van der Waals surface area contributed by atoms with Crippen molar-refractivity contribution in [3.8, 4) is 0 Å². The van der Waals surface area contributed by atoms with Crippen LogP contribution in [0.5, 0.6) is 0 Å². The maximum atomic E-state index is 12.7. The summed E-state index contributed by atoms with van der Waals surface area (Å²) in [6.45, 7) is 13.0. The van der Waals surface area contributed by atoms with Gasteiger partial charge in [0, 0.05) is 0 Å². The molecule has 4 aromatic rings. The van der Waals surface area contributed by atoms with E-state index in [-0.39, 0.29) is 20.0 Å². The van der Waals surface area contributed by atoms with Crippen LogP contribution in [0, 0.1) is 0 Å². The van der Waals surface area contributed by atoms with Crippen LogP contribution in [0.2, 0.25) is 0 Å². The highest BCUT2D eigenvalue weighted by molar-refractivity contribution is 5.88. The van der Waals surface area contributed by atoms with Crippen molar-refractivity contribution in [1.82, 2.24) is 26.6 Å². The molecule has 0 aliphatic heterocycles. The Labute approximate surface area is 413 Å². The number of nitrogens with one attached hydrogen (secondary N) is 5. The zero-order valence-electron chi connectivity index (χ0n) is 40.9. The number of aliphatic carboxylic acids is 1. The van der Waals surface area contributed by atoms with Crippen molar-refractivity contribution < 1.29 is 53.6 Å². The van der Waals surface area contributed by atoms with Gasteiger partial charge < -0.3 is 57.1 Å². The number of rotatable bonds is 19. The molecular formula is C53H76N6O11. The molecule has 70 heavy (non-hydrogen) atoms. The third kappa shape index (κ3) is 24.5. The predicted octanol–water partition coefficient (Wildman–Crippen LogP) is 6.68. The molecule has 0 aliphatic carbocycles. The number of benzene rings is 4. The molecule has 0 radical (unpaired) electrons. The average molecular weight is 973 g/mol. The van der Waals surface area contributed by atoms with Gasteiger partial charge in [-0.1, -0.05) is 155 Å². The van der Waals surface area contributed by atoms with E-state index in [1.165, 1.54) is 0 Å². The molecule has 17 heteroatoms. The van der Waals surface area contributed by atoms with Crippen LogP contribution in [-0.4, -0.2) is 99.8 Å². The van der Waals surface area contributed by atoms with Gasteiger partial charge in [0.2, 0.25) is 5.91 Å². The Morgan fingerprint density at radius 3 is 1.14 bits per heavy atom. The van der Waals surface area contributed by atoms with E-state index >= 15 is 0 Å². The van der Waals surface area contributed by atoms with E-state index < -0.39 is 84.0 Å². The maximum absolute atomic E-state index is 12.7. The summed E-state index contributed by atoms with van der Waals surface area (Å²) in [7, 11) is 0. The number of carbonyl (C=O) groups excluding carboxylic acids is 5. The average Bonchev–Trinajstić information content (AvgIpc) is 3.31. The van der Waals surface area contributed by atoms with Crippen molar-refractivity contribution >= 4 is 35.9 Å². The Morgan fingerprint density at radius 1 is 0.529 bits per heavy atom. The second-order valence-electron chi connectivity index (χ2n) is 17.9. The van der Waals surface area contributed by atoms with Gasteiger partial charge in [0.25, 0.3) is 11.8 Å². The van der Waals surface area contributed by atoms with Gasteiger partial charge in [-0.2, -0.15) is 0 Å². The fraction of sp³-hybridized carbons (Fsp3) is 0.434. The van der Waals surface area contributed by atoms with Gasteiger partial charge in [0.05, 0.1) is 30.7 Å². The first-order valence-electron chi connectivity index (χ1n) is 22.9. The van der Waals surface area contributed by atoms with E-state index in [9.17, 15) is 39.0 Å². The number of ether oxygens (including phenoxy) is 2. The number of aliphatic hydroxyl groups is 2. The smallest absolute Gasteiger partial charge is 0.407 e. The van der Waals surface area contributed by atoms with Crippen molar-refractivity contribution in [2.75, 3.05) is 13.1 Å². The molecule has 4 unspecified atom stereocenters. The summed E-state index contributed by atoms with van der Waals surface area (Å²) in [6.07, 6.45) is -2.58. The normalized spacial score (nSPS) is 12.6. The second-order valence-corrected chi connectivity index (χ2v) is 17.9. The van der Waals surface area contributed by atoms with Gasteiger partial charge in [-0.25, -0.2) is 9.59 Å². The van der Waals surface area contributed by atoms with Gasteiger partial charge >= 0.3 is 18.2 Å². The molecular weight excluding hydrogens is 897 g/mol. The second kappa shape index (κ2) is 31.3. The molecule has 0 bridgehead atoms. The number of aliphatic hydroxyl groups excluding tert-OH is 2. The van der Waals surface area contributed by atoms with Gasteiger partial charge in [0.15, 0.2) is 12.2 Å². The Hall–Kier alpha value is -6.82. The van der Waals surface area contributed by atoms with Crippen molar-refractivity contribution in [3.63, 3.8) is 0 Å². The molecule has 0 heterocycles. The summed E-state index contributed by atoms with van der Waals surface area (Å²) in [5.41, 5.74) is 8.82. The lowest BCUT2D eigenvalue weighted by atomic mass is 9.99. The Kier molecular flexibility index (Phi) is 27.4. The van der Waals surface area contributed by atoms with Crippen LogP contribution < -0.4 is 32.3 Å². The van der Waals surface area contributed by atoms with Crippen molar-refractivity contribution in [2.24, 2.45) is 5.73 Å². The molecule has 4 aromatic carbocycles. The Bertz CT molecular complexity index is 2070. The van der Waals surface area contributed by atoms with E-state index in [2.05, 4.69) is 50.8 Å². The van der Waals surface area contributed by atoms with Gasteiger partial charge in [-0.3, -0.25) is 19.2 Å². The lowest BCUT2D eigenvalue weighted by Gasteiger charge is -2.26. The molecule has 4 rings (SSSR count). The fourth-order valence-electron chi connectivity index (χ4n) is 6.44. The van der Waals surface area contributed by atoms with Crippen molar-refractivity contribution in [3.05, 3.63) is 144 Å². The summed E-state index contributed by atoms with van der Waals surface area (Å²) in [5.74, 6) is -3.24. The van der Waals surface area contributed by atoms with Crippen LogP contribution in [0.15, 0.2) is 121 Å². The quantitative estimate of drug-likeness (QED) is 0.0477. The highest BCUT2D eigenvalue weighted by atomic mass is 16.6. The lowest BCUT2D eigenvalue weighted by Crippen LogP contribution is -2.52. The van der Waals surface area contributed by atoms with Crippen LogP contribution in [0.4, 0.5) is 9.59 Å².